The van der Waals surface area contributed by atoms with E-state index in [1.807, 2.05) is 30.3 Å². The van der Waals surface area contributed by atoms with E-state index in [9.17, 15) is 4.79 Å². The second kappa shape index (κ2) is 8.57. The van der Waals surface area contributed by atoms with Crippen molar-refractivity contribution in [2.24, 2.45) is 0 Å². The first-order chi connectivity index (χ1) is 14.1. The molecule has 1 atom stereocenters. The molecule has 0 aliphatic carbocycles. The quantitative estimate of drug-likeness (QED) is 0.633. The molecule has 0 amide bonds. The van der Waals surface area contributed by atoms with E-state index in [4.69, 9.17) is 11.6 Å². The van der Waals surface area contributed by atoms with Gasteiger partial charge in [0.25, 0.3) is 5.56 Å². The van der Waals surface area contributed by atoms with Crippen LogP contribution in [0.3, 0.4) is 0 Å². The summed E-state index contributed by atoms with van der Waals surface area (Å²) >= 11 is 6.30. The van der Waals surface area contributed by atoms with Crippen molar-refractivity contribution in [1.29, 1.82) is 0 Å². The van der Waals surface area contributed by atoms with Gasteiger partial charge in [-0.25, -0.2) is 4.68 Å². The van der Waals surface area contributed by atoms with Crippen LogP contribution in [0.25, 0.3) is 5.69 Å². The van der Waals surface area contributed by atoms with Crippen LogP contribution in [0.15, 0.2) is 53.3 Å². The van der Waals surface area contributed by atoms with Gasteiger partial charge in [0.15, 0.2) is 0 Å². The monoisotopic (exact) mass is 410 g/mol. The van der Waals surface area contributed by atoms with Crippen molar-refractivity contribution < 1.29 is 0 Å². The van der Waals surface area contributed by atoms with Crippen LogP contribution < -0.4 is 10.9 Å². The number of aromatic nitrogens is 2. The first-order valence-corrected chi connectivity index (χ1v) is 10.6. The molecule has 2 aromatic carbocycles. The van der Waals surface area contributed by atoms with E-state index in [1.54, 1.807) is 4.68 Å². The molecule has 1 aromatic heterocycles. The van der Waals surface area contributed by atoms with Crippen molar-refractivity contribution in [3.05, 3.63) is 86.8 Å². The Morgan fingerprint density at radius 2 is 1.76 bits per heavy atom. The summed E-state index contributed by atoms with van der Waals surface area (Å²) in [4.78, 5) is 15.6. The highest BCUT2D eigenvalue weighted by Gasteiger charge is 2.29. The van der Waals surface area contributed by atoms with Gasteiger partial charge in [0.05, 0.1) is 28.9 Å². The number of benzene rings is 2. The van der Waals surface area contributed by atoms with Crippen LogP contribution in [0.5, 0.6) is 0 Å². The minimum Gasteiger partial charge on any atom is -0.314 e. The highest BCUT2D eigenvalue weighted by molar-refractivity contribution is 6.17. The van der Waals surface area contributed by atoms with Gasteiger partial charge in [-0.05, 0) is 42.7 Å². The van der Waals surface area contributed by atoms with Gasteiger partial charge in [-0.15, -0.1) is 11.6 Å². The number of aromatic amines is 1. The maximum absolute atomic E-state index is 13.2. The summed E-state index contributed by atoms with van der Waals surface area (Å²) in [6.45, 7) is 7.95. The van der Waals surface area contributed by atoms with E-state index < -0.39 is 0 Å². The molecule has 1 aliphatic heterocycles. The number of piperazine rings is 1. The molecular weight excluding hydrogens is 384 g/mol. The number of H-pyrrole nitrogens is 1. The van der Waals surface area contributed by atoms with Crippen LogP contribution >= 0.6 is 11.6 Å². The van der Waals surface area contributed by atoms with Crippen molar-refractivity contribution in [2.45, 2.75) is 25.8 Å². The Kier molecular flexibility index (Phi) is 5.90. The number of nitrogens with zero attached hydrogens (tertiary/aromatic N) is 2. The molecule has 0 saturated carbocycles. The summed E-state index contributed by atoms with van der Waals surface area (Å²) in [5, 5.41) is 6.82. The van der Waals surface area contributed by atoms with Crippen LogP contribution in [0.1, 0.15) is 34.0 Å². The van der Waals surface area contributed by atoms with Gasteiger partial charge in [-0.3, -0.25) is 14.8 Å². The lowest BCUT2D eigenvalue weighted by atomic mass is 9.95. The fourth-order valence-corrected chi connectivity index (χ4v) is 4.30. The molecule has 2 heterocycles. The second-order valence-corrected chi connectivity index (χ2v) is 7.91. The van der Waals surface area contributed by atoms with E-state index in [0.29, 0.717) is 5.56 Å². The summed E-state index contributed by atoms with van der Waals surface area (Å²) in [5.41, 5.74) is 5.96. The van der Waals surface area contributed by atoms with Gasteiger partial charge >= 0.3 is 0 Å². The molecule has 1 aliphatic rings. The largest absolute Gasteiger partial charge is 0.314 e. The smallest absolute Gasteiger partial charge is 0.275 e. The Morgan fingerprint density at radius 1 is 1.03 bits per heavy atom. The number of alkyl halides is 1. The average molecular weight is 411 g/mol. The van der Waals surface area contributed by atoms with Crippen LogP contribution in [0.4, 0.5) is 0 Å². The summed E-state index contributed by atoms with van der Waals surface area (Å²) in [7, 11) is 0. The molecule has 5 nitrogen and oxygen atoms in total. The van der Waals surface area contributed by atoms with Crippen molar-refractivity contribution in [2.75, 3.05) is 26.2 Å². The van der Waals surface area contributed by atoms with Gasteiger partial charge in [-0.1, -0.05) is 36.4 Å². The maximum atomic E-state index is 13.2. The lowest BCUT2D eigenvalue weighted by Crippen LogP contribution is -2.45. The van der Waals surface area contributed by atoms with Crippen LogP contribution in [-0.4, -0.2) is 40.9 Å². The zero-order valence-electron chi connectivity index (χ0n) is 16.9. The van der Waals surface area contributed by atoms with Gasteiger partial charge in [0.2, 0.25) is 0 Å². The number of nitrogens with one attached hydrogen (secondary N) is 2. The van der Waals surface area contributed by atoms with E-state index in [-0.39, 0.29) is 17.5 Å². The molecule has 152 valence electrons. The van der Waals surface area contributed by atoms with Gasteiger partial charge < -0.3 is 5.32 Å². The summed E-state index contributed by atoms with van der Waals surface area (Å²) in [6, 6.07) is 16.2. The van der Waals surface area contributed by atoms with Crippen molar-refractivity contribution in [3.8, 4) is 5.69 Å². The maximum Gasteiger partial charge on any atom is 0.275 e. The fourth-order valence-electron chi connectivity index (χ4n) is 4.04. The molecule has 0 radical (unpaired) electrons. The van der Waals surface area contributed by atoms with Crippen LogP contribution in [0.2, 0.25) is 0 Å². The lowest BCUT2D eigenvalue weighted by Gasteiger charge is -2.35. The molecular formula is C23H27ClN4O. The number of para-hydroxylation sites is 1. The van der Waals surface area contributed by atoms with Crippen molar-refractivity contribution >= 4 is 11.6 Å². The minimum absolute atomic E-state index is 0.0391. The summed E-state index contributed by atoms with van der Waals surface area (Å²) in [5.74, 6) is 0.179. The molecule has 6 heteroatoms. The molecule has 3 aromatic rings. The Bertz CT molecular complexity index is 1030. The van der Waals surface area contributed by atoms with E-state index in [0.717, 1.165) is 37.6 Å². The Labute approximate surface area is 176 Å². The highest BCUT2D eigenvalue weighted by Crippen LogP contribution is 2.31. The molecule has 2 N–H and O–H groups in total. The number of halogens is 1. The first-order valence-electron chi connectivity index (χ1n) is 10.1. The third-order valence-electron chi connectivity index (χ3n) is 5.80. The third-order valence-corrected chi connectivity index (χ3v) is 6.07. The zero-order chi connectivity index (χ0) is 20.4. The molecule has 0 bridgehead atoms. The predicted octanol–water partition coefficient (Wildman–Crippen LogP) is 3.52. The average Bonchev–Trinajstić information content (AvgIpc) is 3.08. The summed E-state index contributed by atoms with van der Waals surface area (Å²) < 4.78 is 1.61. The van der Waals surface area contributed by atoms with Gasteiger partial charge in [0.1, 0.15) is 0 Å². The SMILES string of the molecule is Cc1ccc(C(c2[nH]n(-c3ccccc3)c(=O)c2CCl)N2CCNCC2)cc1C. The van der Waals surface area contributed by atoms with E-state index >= 15 is 0 Å². The molecule has 1 unspecified atom stereocenters. The molecule has 0 spiro atoms. The minimum atomic E-state index is -0.0785. The Hall–Kier alpha value is -2.34. The molecule has 4 rings (SSSR count). The van der Waals surface area contributed by atoms with Crippen molar-refractivity contribution in [3.63, 3.8) is 0 Å². The number of hydrogen-bond donors (Lipinski definition) is 2. The van der Waals surface area contributed by atoms with Gasteiger partial charge in [-0.2, -0.15) is 0 Å². The Balaban J connectivity index is 1.88. The van der Waals surface area contributed by atoms with E-state index in [2.05, 4.69) is 47.4 Å². The second-order valence-electron chi connectivity index (χ2n) is 7.65. The van der Waals surface area contributed by atoms with Crippen LogP contribution in [0, 0.1) is 13.8 Å². The normalized spacial score (nSPS) is 16.1. The zero-order valence-corrected chi connectivity index (χ0v) is 17.7. The topological polar surface area (TPSA) is 53.1 Å². The lowest BCUT2D eigenvalue weighted by molar-refractivity contribution is 0.194. The Morgan fingerprint density at radius 3 is 2.41 bits per heavy atom. The molecule has 29 heavy (non-hydrogen) atoms. The van der Waals surface area contributed by atoms with E-state index in [1.165, 1.54) is 16.7 Å². The van der Waals surface area contributed by atoms with Gasteiger partial charge in [0, 0.05) is 26.2 Å². The summed E-state index contributed by atoms with van der Waals surface area (Å²) in [6.07, 6.45) is 0. The predicted molar refractivity (Wildman–Crippen MR) is 118 cm³/mol. The van der Waals surface area contributed by atoms with Crippen LogP contribution in [-0.2, 0) is 5.88 Å². The molecule has 1 fully saturated rings. The first kappa shape index (κ1) is 20.0. The number of rotatable bonds is 5. The number of aryl methyl sites for hydroxylation is 2. The third kappa shape index (κ3) is 3.90. The van der Waals surface area contributed by atoms with Crippen molar-refractivity contribution in [1.82, 2.24) is 20.0 Å². The molecule has 1 saturated heterocycles. The standard InChI is InChI=1S/C23H27ClN4O/c1-16-8-9-18(14-17(16)2)22(27-12-10-25-11-13-27)21-20(15-24)23(29)28(26-21)19-6-4-3-5-7-19/h3-9,14,22,25-26H,10-13,15H2,1-2H3. The highest BCUT2D eigenvalue weighted by atomic mass is 35.5. The number of hydrogen-bond acceptors (Lipinski definition) is 3. The fraction of sp³-hybridized carbons (Fsp3) is 0.348.